The molecule has 0 amide bonds. The molecular formula is C8H14N2O. The topological polar surface area (TPSA) is 38.5 Å². The smallest absolute Gasteiger partial charge is 0.161 e. The second-order valence-electron chi connectivity index (χ2n) is 2.59. The number of hydrogen-bond acceptors (Lipinski definition) is 3. The molecule has 0 aromatic rings. The predicted octanol–water partition coefficient (Wildman–Crippen LogP) is 1.000. The lowest BCUT2D eigenvalue weighted by Crippen LogP contribution is -2.06. The van der Waals surface area contributed by atoms with E-state index in [1.165, 1.54) is 0 Å². The van der Waals surface area contributed by atoms with Crippen molar-refractivity contribution in [1.82, 2.24) is 4.90 Å². The van der Waals surface area contributed by atoms with E-state index < -0.39 is 0 Å². The Bertz CT molecular complexity index is 196. The van der Waals surface area contributed by atoms with Gasteiger partial charge in [0.15, 0.2) is 12.5 Å². The number of ether oxygens (including phenoxy) is 1. The summed E-state index contributed by atoms with van der Waals surface area (Å²) >= 11 is 0. The number of nitrogens with two attached hydrogens (primary N) is 1. The van der Waals surface area contributed by atoms with E-state index in [9.17, 15) is 0 Å². The molecule has 1 aliphatic rings. The van der Waals surface area contributed by atoms with Crippen LogP contribution in [0.2, 0.25) is 0 Å². The molecule has 11 heavy (non-hydrogen) atoms. The van der Waals surface area contributed by atoms with Crippen molar-refractivity contribution in [3.05, 3.63) is 23.7 Å². The highest BCUT2D eigenvalue weighted by molar-refractivity contribution is 5.23. The summed E-state index contributed by atoms with van der Waals surface area (Å²) in [5.41, 5.74) is 6.43. The maximum Gasteiger partial charge on any atom is 0.161 e. The van der Waals surface area contributed by atoms with E-state index in [-0.39, 0.29) is 0 Å². The zero-order chi connectivity index (χ0) is 8.27. The Morgan fingerprint density at radius 3 is 3.09 bits per heavy atom. The van der Waals surface area contributed by atoms with Crippen molar-refractivity contribution in [3.63, 3.8) is 0 Å². The van der Waals surface area contributed by atoms with Crippen molar-refractivity contribution in [3.8, 4) is 0 Å². The minimum atomic E-state index is 0.605. The first kappa shape index (κ1) is 7.98. The second-order valence-corrected chi connectivity index (χ2v) is 2.59. The Morgan fingerprint density at radius 2 is 2.64 bits per heavy atom. The minimum absolute atomic E-state index is 0.605. The molecule has 1 aliphatic heterocycles. The third kappa shape index (κ3) is 1.90. The van der Waals surface area contributed by atoms with Gasteiger partial charge in [0.05, 0.1) is 5.70 Å². The standard InChI is InChI=1S/C8H14N2O/c1-3-4-7(9)8-5-10(2)6-11-8/h4-5H,3,6,9H2,1-2H3/b7-4-. The Labute approximate surface area is 67.1 Å². The number of rotatable bonds is 2. The molecule has 62 valence electrons. The van der Waals surface area contributed by atoms with Crippen LogP contribution in [0.1, 0.15) is 13.3 Å². The van der Waals surface area contributed by atoms with Crippen LogP contribution in [0.15, 0.2) is 23.7 Å². The summed E-state index contributed by atoms with van der Waals surface area (Å²) in [6, 6.07) is 0. The van der Waals surface area contributed by atoms with Crippen LogP contribution in [0.3, 0.4) is 0 Å². The van der Waals surface area contributed by atoms with Gasteiger partial charge in [-0.2, -0.15) is 0 Å². The molecule has 0 radical (unpaired) electrons. The van der Waals surface area contributed by atoms with Crippen LogP contribution in [-0.4, -0.2) is 18.7 Å². The number of hydrogen-bond donors (Lipinski definition) is 1. The Kier molecular flexibility index (Phi) is 2.41. The van der Waals surface area contributed by atoms with Crippen LogP contribution in [0.25, 0.3) is 0 Å². The minimum Gasteiger partial charge on any atom is -0.469 e. The molecule has 0 spiro atoms. The predicted molar refractivity (Wildman–Crippen MR) is 44.4 cm³/mol. The molecule has 1 rings (SSSR count). The summed E-state index contributed by atoms with van der Waals surface area (Å²) in [5, 5.41) is 0. The lowest BCUT2D eigenvalue weighted by atomic mass is 10.3. The van der Waals surface area contributed by atoms with E-state index in [1.807, 2.05) is 31.1 Å². The van der Waals surface area contributed by atoms with Gasteiger partial charge in [-0.3, -0.25) is 0 Å². The van der Waals surface area contributed by atoms with Gasteiger partial charge in [0.25, 0.3) is 0 Å². The Hall–Kier alpha value is -1.12. The fourth-order valence-corrected chi connectivity index (χ4v) is 0.924. The summed E-state index contributed by atoms with van der Waals surface area (Å²) in [7, 11) is 1.95. The lowest BCUT2D eigenvalue weighted by Gasteiger charge is -2.02. The maximum absolute atomic E-state index is 5.69. The first-order chi connectivity index (χ1) is 5.24. The van der Waals surface area contributed by atoms with Crippen LogP contribution < -0.4 is 5.73 Å². The van der Waals surface area contributed by atoms with Crippen molar-refractivity contribution in [1.29, 1.82) is 0 Å². The molecule has 0 fully saturated rings. The third-order valence-corrected chi connectivity index (χ3v) is 1.47. The van der Waals surface area contributed by atoms with E-state index in [1.54, 1.807) is 0 Å². The highest BCUT2D eigenvalue weighted by Crippen LogP contribution is 2.13. The molecule has 0 saturated carbocycles. The third-order valence-electron chi connectivity index (χ3n) is 1.47. The van der Waals surface area contributed by atoms with Crippen LogP contribution >= 0.6 is 0 Å². The van der Waals surface area contributed by atoms with Gasteiger partial charge in [-0.25, -0.2) is 0 Å². The highest BCUT2D eigenvalue weighted by Gasteiger charge is 2.10. The molecule has 1 heterocycles. The van der Waals surface area contributed by atoms with Crippen LogP contribution in [-0.2, 0) is 4.74 Å². The van der Waals surface area contributed by atoms with Gasteiger partial charge in [-0.1, -0.05) is 13.0 Å². The fraction of sp³-hybridized carbons (Fsp3) is 0.500. The molecule has 0 aromatic heterocycles. The van der Waals surface area contributed by atoms with Crippen molar-refractivity contribution >= 4 is 0 Å². The van der Waals surface area contributed by atoms with Gasteiger partial charge < -0.3 is 15.4 Å². The van der Waals surface area contributed by atoms with Gasteiger partial charge in [-0.05, 0) is 6.42 Å². The van der Waals surface area contributed by atoms with Gasteiger partial charge in [0.1, 0.15) is 0 Å². The summed E-state index contributed by atoms with van der Waals surface area (Å²) in [5.74, 6) is 0.786. The molecule has 0 bridgehead atoms. The first-order valence-electron chi connectivity index (χ1n) is 3.75. The lowest BCUT2D eigenvalue weighted by molar-refractivity contribution is 0.174. The SMILES string of the molecule is CC/C=C(\N)C1=CN(C)CO1. The maximum atomic E-state index is 5.69. The number of allylic oxidation sites excluding steroid dienone is 1. The molecule has 3 heteroatoms. The molecule has 0 unspecified atom stereocenters. The summed E-state index contributed by atoms with van der Waals surface area (Å²) in [6.45, 7) is 2.65. The van der Waals surface area contributed by atoms with Gasteiger partial charge in [-0.15, -0.1) is 0 Å². The zero-order valence-corrected chi connectivity index (χ0v) is 7.00. The summed E-state index contributed by atoms with van der Waals surface area (Å²) in [4.78, 5) is 1.95. The Morgan fingerprint density at radius 1 is 1.91 bits per heavy atom. The van der Waals surface area contributed by atoms with Crippen LogP contribution in [0.4, 0.5) is 0 Å². The zero-order valence-electron chi connectivity index (χ0n) is 7.00. The van der Waals surface area contributed by atoms with Crippen molar-refractivity contribution in [2.45, 2.75) is 13.3 Å². The van der Waals surface area contributed by atoms with Crippen molar-refractivity contribution < 1.29 is 4.74 Å². The molecular weight excluding hydrogens is 140 g/mol. The first-order valence-corrected chi connectivity index (χ1v) is 3.75. The van der Waals surface area contributed by atoms with Gasteiger partial charge >= 0.3 is 0 Å². The molecule has 0 aromatic carbocycles. The highest BCUT2D eigenvalue weighted by atomic mass is 16.5. The summed E-state index contributed by atoms with van der Waals surface area (Å²) in [6.07, 6.45) is 4.79. The quantitative estimate of drug-likeness (QED) is 0.645. The largest absolute Gasteiger partial charge is 0.469 e. The van der Waals surface area contributed by atoms with E-state index in [4.69, 9.17) is 10.5 Å². The Balaban J connectivity index is 2.61. The van der Waals surface area contributed by atoms with E-state index in [2.05, 4.69) is 0 Å². The molecule has 2 N–H and O–H groups in total. The van der Waals surface area contributed by atoms with Gasteiger partial charge in [0.2, 0.25) is 0 Å². The fourth-order valence-electron chi connectivity index (χ4n) is 0.924. The number of nitrogens with zero attached hydrogens (tertiary/aromatic N) is 1. The van der Waals surface area contributed by atoms with Crippen molar-refractivity contribution in [2.75, 3.05) is 13.8 Å². The van der Waals surface area contributed by atoms with E-state index in [0.29, 0.717) is 6.73 Å². The molecule has 3 nitrogen and oxygen atoms in total. The monoisotopic (exact) mass is 154 g/mol. The summed E-state index contributed by atoms with van der Waals surface area (Å²) < 4.78 is 5.27. The van der Waals surface area contributed by atoms with Crippen molar-refractivity contribution in [2.24, 2.45) is 5.73 Å². The van der Waals surface area contributed by atoms with Crippen LogP contribution in [0, 0.1) is 0 Å². The van der Waals surface area contributed by atoms with E-state index in [0.717, 1.165) is 17.9 Å². The van der Waals surface area contributed by atoms with Crippen LogP contribution in [0.5, 0.6) is 0 Å². The molecule has 0 aliphatic carbocycles. The van der Waals surface area contributed by atoms with Gasteiger partial charge in [0, 0.05) is 13.2 Å². The average molecular weight is 154 g/mol. The second kappa shape index (κ2) is 3.32. The molecule has 0 saturated heterocycles. The van der Waals surface area contributed by atoms with E-state index >= 15 is 0 Å². The normalized spacial score (nSPS) is 18.2. The average Bonchev–Trinajstić information content (AvgIpc) is 2.36. The molecule has 0 atom stereocenters.